The molecule has 1 aliphatic rings. The molecule has 1 saturated carbocycles. The van der Waals surface area contributed by atoms with E-state index in [0.29, 0.717) is 11.3 Å². The second-order valence-corrected chi connectivity index (χ2v) is 5.95. The number of benzene rings is 1. The van der Waals surface area contributed by atoms with Crippen molar-refractivity contribution in [2.24, 2.45) is 0 Å². The van der Waals surface area contributed by atoms with Crippen molar-refractivity contribution in [3.63, 3.8) is 0 Å². The van der Waals surface area contributed by atoms with Crippen LogP contribution in [-0.2, 0) is 9.53 Å². The van der Waals surface area contributed by atoms with E-state index in [-0.39, 0.29) is 11.6 Å². The van der Waals surface area contributed by atoms with Crippen molar-refractivity contribution < 1.29 is 23.5 Å². The van der Waals surface area contributed by atoms with Gasteiger partial charge < -0.3 is 10.1 Å². The molecule has 9 heteroatoms. The lowest BCUT2D eigenvalue weighted by molar-refractivity contribution is -0.127. The maximum atomic E-state index is 13.0. The van der Waals surface area contributed by atoms with Crippen molar-refractivity contribution in [1.82, 2.24) is 20.8 Å². The number of nitrogens with zero attached hydrogens (tertiary/aromatic N) is 1. The summed E-state index contributed by atoms with van der Waals surface area (Å²) < 4.78 is 18.1. The quantitative estimate of drug-likeness (QED) is 0.703. The molecule has 2 aromatic rings. The van der Waals surface area contributed by atoms with Crippen LogP contribution >= 0.6 is 0 Å². The van der Waals surface area contributed by atoms with Crippen LogP contribution in [0.1, 0.15) is 30.1 Å². The van der Waals surface area contributed by atoms with Gasteiger partial charge in [0.1, 0.15) is 11.4 Å². The van der Waals surface area contributed by atoms with E-state index in [0.717, 1.165) is 12.8 Å². The topological polar surface area (TPSA) is 113 Å². The number of carbonyl (C=O) groups is 3. The highest BCUT2D eigenvalue weighted by atomic mass is 19.1. The predicted molar refractivity (Wildman–Crippen MR) is 88.6 cm³/mol. The highest BCUT2D eigenvalue weighted by Crippen LogP contribution is 2.22. The summed E-state index contributed by atoms with van der Waals surface area (Å²) in [6, 6.07) is 4.95. The van der Waals surface area contributed by atoms with Gasteiger partial charge in [0.05, 0.1) is 11.9 Å². The number of hydrogen-bond donors (Lipinski definition) is 3. The van der Waals surface area contributed by atoms with E-state index in [9.17, 15) is 18.8 Å². The summed E-state index contributed by atoms with van der Waals surface area (Å²) in [5, 5.41) is 11.2. The standard InChI is InChI=1S/C17H17FN4O4/c1-9(15(23)21-17(25)20-12-6-7-12)26-16(24)13-8-19-22-14(13)10-2-4-11(18)5-3-10/h2-5,8-9,12H,6-7H2,1H3,(H,19,22)(H2,20,21,23,25). The van der Waals surface area contributed by atoms with Gasteiger partial charge in [-0.2, -0.15) is 5.10 Å². The monoisotopic (exact) mass is 360 g/mol. The highest BCUT2D eigenvalue weighted by molar-refractivity contribution is 6.00. The van der Waals surface area contributed by atoms with Crippen LogP contribution in [0.3, 0.4) is 0 Å². The molecule has 1 aromatic carbocycles. The molecule has 26 heavy (non-hydrogen) atoms. The first-order valence-corrected chi connectivity index (χ1v) is 8.05. The summed E-state index contributed by atoms with van der Waals surface area (Å²) in [5.41, 5.74) is 0.976. The predicted octanol–water partition coefficient (Wildman–Crippen LogP) is 1.75. The van der Waals surface area contributed by atoms with Crippen molar-refractivity contribution in [3.05, 3.63) is 41.8 Å². The Hall–Kier alpha value is -3.23. The Labute approximate surface area is 148 Å². The third-order valence-electron chi connectivity index (χ3n) is 3.79. The minimum atomic E-state index is -1.18. The number of hydrogen-bond acceptors (Lipinski definition) is 5. The Morgan fingerprint density at radius 2 is 1.96 bits per heavy atom. The van der Waals surface area contributed by atoms with Gasteiger partial charge in [-0.15, -0.1) is 0 Å². The molecule has 3 amide bonds. The lowest BCUT2D eigenvalue weighted by Crippen LogP contribution is -2.45. The maximum absolute atomic E-state index is 13.0. The van der Waals surface area contributed by atoms with Crippen molar-refractivity contribution in [1.29, 1.82) is 0 Å². The van der Waals surface area contributed by atoms with Gasteiger partial charge in [0.2, 0.25) is 0 Å². The first kappa shape index (κ1) is 17.6. The molecule has 0 bridgehead atoms. The van der Waals surface area contributed by atoms with Crippen LogP contribution in [0, 0.1) is 5.82 Å². The van der Waals surface area contributed by atoms with E-state index in [2.05, 4.69) is 20.8 Å². The molecule has 0 aliphatic heterocycles. The SMILES string of the molecule is CC(OC(=O)c1cn[nH]c1-c1ccc(F)cc1)C(=O)NC(=O)NC1CC1. The number of aromatic nitrogens is 2. The molecule has 0 radical (unpaired) electrons. The third kappa shape index (κ3) is 4.24. The lowest BCUT2D eigenvalue weighted by Gasteiger charge is -2.13. The first-order valence-electron chi connectivity index (χ1n) is 8.05. The fourth-order valence-electron chi connectivity index (χ4n) is 2.22. The fraction of sp³-hybridized carbons (Fsp3) is 0.294. The van der Waals surface area contributed by atoms with E-state index < -0.39 is 29.8 Å². The number of esters is 1. The lowest BCUT2D eigenvalue weighted by atomic mass is 10.1. The first-order chi connectivity index (χ1) is 12.4. The summed E-state index contributed by atoms with van der Waals surface area (Å²) in [6.07, 6.45) is 1.85. The van der Waals surface area contributed by atoms with Crippen LogP contribution in [0.15, 0.2) is 30.5 Å². The van der Waals surface area contributed by atoms with Crippen LogP contribution in [-0.4, -0.2) is 40.3 Å². The Morgan fingerprint density at radius 1 is 1.27 bits per heavy atom. The Kier molecular flexibility index (Phi) is 4.97. The molecular weight excluding hydrogens is 343 g/mol. The summed E-state index contributed by atoms with van der Waals surface area (Å²) in [5.74, 6) is -1.93. The highest BCUT2D eigenvalue weighted by Gasteiger charge is 2.27. The number of amides is 3. The van der Waals surface area contributed by atoms with Crippen molar-refractivity contribution in [3.8, 4) is 11.3 Å². The molecule has 1 aliphatic carbocycles. The minimum Gasteiger partial charge on any atom is -0.449 e. The van der Waals surface area contributed by atoms with E-state index in [1.807, 2.05) is 0 Å². The zero-order valence-corrected chi connectivity index (χ0v) is 13.9. The number of ether oxygens (including phenoxy) is 1. The van der Waals surface area contributed by atoms with Gasteiger partial charge in [-0.05, 0) is 44.0 Å². The van der Waals surface area contributed by atoms with Gasteiger partial charge in [-0.3, -0.25) is 15.2 Å². The smallest absolute Gasteiger partial charge is 0.342 e. The molecule has 8 nitrogen and oxygen atoms in total. The zero-order chi connectivity index (χ0) is 18.7. The molecule has 1 unspecified atom stereocenters. The summed E-state index contributed by atoms with van der Waals surface area (Å²) in [7, 11) is 0. The largest absolute Gasteiger partial charge is 0.449 e. The molecule has 0 spiro atoms. The summed E-state index contributed by atoms with van der Waals surface area (Å²) >= 11 is 0. The molecular formula is C17H17FN4O4. The number of aromatic amines is 1. The number of carbonyl (C=O) groups excluding carboxylic acids is 3. The van der Waals surface area contributed by atoms with Crippen LogP contribution in [0.4, 0.5) is 9.18 Å². The van der Waals surface area contributed by atoms with Gasteiger partial charge in [0.15, 0.2) is 6.10 Å². The van der Waals surface area contributed by atoms with Crippen molar-refractivity contribution >= 4 is 17.9 Å². The van der Waals surface area contributed by atoms with Gasteiger partial charge in [-0.1, -0.05) is 0 Å². The Balaban J connectivity index is 1.62. The van der Waals surface area contributed by atoms with Gasteiger partial charge in [-0.25, -0.2) is 14.0 Å². The number of nitrogens with one attached hydrogen (secondary N) is 3. The molecule has 3 N–H and O–H groups in total. The second-order valence-electron chi connectivity index (χ2n) is 5.95. The molecule has 136 valence electrons. The Morgan fingerprint density at radius 3 is 2.62 bits per heavy atom. The number of imide groups is 1. The third-order valence-corrected chi connectivity index (χ3v) is 3.79. The van der Waals surface area contributed by atoms with Gasteiger partial charge in [0, 0.05) is 11.6 Å². The van der Waals surface area contributed by atoms with E-state index in [4.69, 9.17) is 4.74 Å². The fourth-order valence-corrected chi connectivity index (χ4v) is 2.22. The number of rotatable bonds is 5. The zero-order valence-electron chi connectivity index (χ0n) is 13.9. The summed E-state index contributed by atoms with van der Waals surface area (Å²) in [4.78, 5) is 35.8. The number of H-pyrrole nitrogens is 1. The molecule has 1 atom stereocenters. The van der Waals surface area contributed by atoms with E-state index in [1.165, 1.54) is 37.4 Å². The van der Waals surface area contributed by atoms with Crippen molar-refractivity contribution in [2.45, 2.75) is 31.9 Å². The van der Waals surface area contributed by atoms with Crippen LogP contribution in [0.5, 0.6) is 0 Å². The number of halogens is 1. The van der Waals surface area contributed by atoms with E-state index in [1.54, 1.807) is 0 Å². The summed E-state index contributed by atoms with van der Waals surface area (Å²) in [6.45, 7) is 1.36. The van der Waals surface area contributed by atoms with Crippen LogP contribution < -0.4 is 10.6 Å². The maximum Gasteiger partial charge on any atom is 0.342 e. The van der Waals surface area contributed by atoms with Crippen molar-refractivity contribution in [2.75, 3.05) is 0 Å². The van der Waals surface area contributed by atoms with Crippen LogP contribution in [0.2, 0.25) is 0 Å². The molecule has 1 aromatic heterocycles. The van der Waals surface area contributed by atoms with Crippen LogP contribution in [0.25, 0.3) is 11.3 Å². The average molecular weight is 360 g/mol. The molecule has 1 heterocycles. The van der Waals surface area contributed by atoms with E-state index >= 15 is 0 Å². The average Bonchev–Trinajstić information content (AvgIpc) is 3.27. The second kappa shape index (κ2) is 7.34. The molecule has 1 fully saturated rings. The number of urea groups is 1. The molecule has 3 rings (SSSR count). The van der Waals surface area contributed by atoms with Gasteiger partial charge >= 0.3 is 12.0 Å². The molecule has 0 saturated heterocycles. The minimum absolute atomic E-state index is 0.0960. The van der Waals surface area contributed by atoms with Gasteiger partial charge in [0.25, 0.3) is 5.91 Å². The normalized spacial score (nSPS) is 14.4. The Bertz CT molecular complexity index is 830.